The normalized spacial score (nSPS) is 11.2. The molecule has 0 unspecified atom stereocenters. The average Bonchev–Trinajstić information content (AvgIpc) is 2.88. The van der Waals surface area contributed by atoms with E-state index in [0.29, 0.717) is 42.6 Å². The lowest BCUT2D eigenvalue weighted by Crippen LogP contribution is -2.19. The molecule has 0 aliphatic heterocycles. The van der Waals surface area contributed by atoms with Gasteiger partial charge >= 0.3 is 0 Å². The summed E-state index contributed by atoms with van der Waals surface area (Å²) in [6.45, 7) is 4.22. The fourth-order valence-electron chi connectivity index (χ4n) is 3.79. The minimum Gasteiger partial charge on any atom is -0.322 e. The van der Waals surface area contributed by atoms with Crippen molar-refractivity contribution < 1.29 is 9.59 Å². The van der Waals surface area contributed by atoms with Crippen LogP contribution < -0.4 is 10.6 Å². The summed E-state index contributed by atoms with van der Waals surface area (Å²) in [5.41, 5.74) is 3.97. The van der Waals surface area contributed by atoms with Crippen molar-refractivity contribution in [2.75, 3.05) is 10.6 Å². The van der Waals surface area contributed by atoms with Crippen molar-refractivity contribution in [2.45, 2.75) is 19.3 Å². The number of nitrogens with one attached hydrogen (secondary N) is 2. The molecule has 0 saturated carbocycles. The van der Waals surface area contributed by atoms with Gasteiger partial charge in [0.1, 0.15) is 0 Å². The highest BCUT2D eigenvalue weighted by atomic mass is 35.5. The van der Waals surface area contributed by atoms with Gasteiger partial charge in [-0.05, 0) is 71.8 Å². The monoisotopic (exact) mass is 570 g/mol. The van der Waals surface area contributed by atoms with Crippen LogP contribution in [0.15, 0.2) is 84.9 Å². The first-order chi connectivity index (χ1) is 17.5. The van der Waals surface area contributed by atoms with Gasteiger partial charge in [0, 0.05) is 27.9 Å². The summed E-state index contributed by atoms with van der Waals surface area (Å²) in [6, 6.07) is 24.8. The van der Waals surface area contributed by atoms with Gasteiger partial charge in [-0.25, -0.2) is 0 Å². The smallest absolute Gasteiger partial charge is 0.255 e. The molecule has 0 fully saturated rings. The van der Waals surface area contributed by atoms with Crippen LogP contribution in [0.1, 0.15) is 45.7 Å². The van der Waals surface area contributed by atoms with E-state index < -0.39 is 0 Å². The van der Waals surface area contributed by atoms with Crippen molar-refractivity contribution in [2.24, 2.45) is 0 Å². The summed E-state index contributed by atoms with van der Waals surface area (Å²) in [7, 11) is 0. The predicted molar refractivity (Wildman–Crippen MR) is 154 cm³/mol. The third-order valence-electron chi connectivity index (χ3n) is 6.09. The summed E-state index contributed by atoms with van der Waals surface area (Å²) in [5.74, 6) is -0.548. The maximum absolute atomic E-state index is 12.6. The molecule has 4 nitrogen and oxygen atoms in total. The molecule has 0 atom stereocenters. The molecule has 4 aromatic carbocycles. The van der Waals surface area contributed by atoms with Crippen LogP contribution in [0.5, 0.6) is 0 Å². The predicted octanol–water partition coefficient (Wildman–Crippen LogP) is 9.13. The molecule has 2 amide bonds. The Balaban J connectivity index is 1.43. The van der Waals surface area contributed by atoms with E-state index in [1.807, 2.05) is 48.5 Å². The van der Waals surface area contributed by atoms with Crippen LogP contribution >= 0.6 is 46.4 Å². The van der Waals surface area contributed by atoms with Gasteiger partial charge in [0.25, 0.3) is 11.8 Å². The minimum atomic E-state index is -0.321. The van der Waals surface area contributed by atoms with Crippen LogP contribution in [0.4, 0.5) is 11.4 Å². The Morgan fingerprint density at radius 2 is 0.892 bits per heavy atom. The fourth-order valence-corrected chi connectivity index (χ4v) is 4.38. The summed E-state index contributed by atoms with van der Waals surface area (Å²) in [4.78, 5) is 25.1. The van der Waals surface area contributed by atoms with Crippen molar-refractivity contribution in [1.82, 2.24) is 0 Å². The molecule has 8 heteroatoms. The lowest BCUT2D eigenvalue weighted by Gasteiger charge is -2.26. The third-order valence-corrected chi connectivity index (χ3v) is 7.57. The fraction of sp³-hybridized carbons (Fsp3) is 0.103. The van der Waals surface area contributed by atoms with Gasteiger partial charge in [-0.15, -0.1) is 0 Å². The molecule has 4 aromatic rings. The Morgan fingerprint density at radius 1 is 0.541 bits per heavy atom. The number of carbonyl (C=O) groups excluding carboxylic acids is 2. The lowest BCUT2D eigenvalue weighted by molar-refractivity contribution is 0.101. The van der Waals surface area contributed by atoms with Crippen LogP contribution in [0.3, 0.4) is 0 Å². The summed E-state index contributed by atoms with van der Waals surface area (Å²) < 4.78 is 0. The zero-order valence-corrected chi connectivity index (χ0v) is 22.9. The highest BCUT2D eigenvalue weighted by Crippen LogP contribution is 2.33. The zero-order valence-electron chi connectivity index (χ0n) is 19.9. The maximum atomic E-state index is 12.6. The van der Waals surface area contributed by atoms with Gasteiger partial charge in [-0.2, -0.15) is 0 Å². The largest absolute Gasteiger partial charge is 0.322 e. The number of halogens is 4. The van der Waals surface area contributed by atoms with E-state index in [2.05, 4.69) is 24.5 Å². The molecule has 0 radical (unpaired) electrons. The van der Waals surface area contributed by atoms with Crippen molar-refractivity contribution in [3.63, 3.8) is 0 Å². The van der Waals surface area contributed by atoms with Crippen LogP contribution in [0.2, 0.25) is 20.1 Å². The number of rotatable bonds is 6. The number of carbonyl (C=O) groups is 2. The van der Waals surface area contributed by atoms with E-state index in [9.17, 15) is 9.59 Å². The molecule has 4 rings (SSSR count). The molecular weight excluding hydrogens is 550 g/mol. The topological polar surface area (TPSA) is 58.2 Å². The second-order valence-corrected chi connectivity index (χ2v) is 10.6. The standard InChI is InChI=1S/C29H22Cl4N2O2/c1-29(2,19-5-9-21(10-6-19)34-27(36)17-3-13-23(30)25(32)15-17)20-7-11-22(12-8-20)35-28(37)18-4-14-24(31)26(33)16-18/h3-16H,1-2H3,(H,34,36)(H,35,37). The number of hydrogen-bond donors (Lipinski definition) is 2. The molecule has 37 heavy (non-hydrogen) atoms. The summed E-state index contributed by atoms with van der Waals surface area (Å²) in [6.07, 6.45) is 0. The molecule has 2 N–H and O–H groups in total. The van der Waals surface area contributed by atoms with Crippen LogP contribution in [-0.4, -0.2) is 11.8 Å². The van der Waals surface area contributed by atoms with E-state index in [1.54, 1.807) is 24.3 Å². The highest BCUT2D eigenvalue weighted by Gasteiger charge is 2.23. The number of anilines is 2. The lowest BCUT2D eigenvalue weighted by atomic mass is 9.78. The van der Waals surface area contributed by atoms with Crippen LogP contribution in [-0.2, 0) is 5.41 Å². The van der Waals surface area contributed by atoms with Gasteiger partial charge in [0.15, 0.2) is 0 Å². The van der Waals surface area contributed by atoms with Gasteiger partial charge in [-0.3, -0.25) is 9.59 Å². The Bertz CT molecular complexity index is 1360. The van der Waals surface area contributed by atoms with Crippen LogP contribution in [0, 0.1) is 0 Å². The second-order valence-electron chi connectivity index (χ2n) is 8.95. The molecule has 188 valence electrons. The van der Waals surface area contributed by atoms with Crippen molar-refractivity contribution >= 4 is 69.6 Å². The van der Waals surface area contributed by atoms with Crippen molar-refractivity contribution in [3.8, 4) is 0 Å². The Morgan fingerprint density at radius 3 is 1.22 bits per heavy atom. The first kappa shape index (κ1) is 27.0. The average molecular weight is 572 g/mol. The SMILES string of the molecule is CC(C)(c1ccc(NC(=O)c2ccc(Cl)c(Cl)c2)cc1)c1ccc(NC(=O)c2ccc(Cl)c(Cl)c2)cc1. The van der Waals surface area contributed by atoms with Gasteiger partial charge in [0.2, 0.25) is 0 Å². The van der Waals surface area contributed by atoms with E-state index >= 15 is 0 Å². The van der Waals surface area contributed by atoms with E-state index in [4.69, 9.17) is 46.4 Å². The maximum Gasteiger partial charge on any atom is 0.255 e. The molecule has 0 bridgehead atoms. The zero-order chi connectivity index (χ0) is 26.7. The van der Waals surface area contributed by atoms with Crippen LogP contribution in [0.25, 0.3) is 0 Å². The molecule has 0 heterocycles. The second kappa shape index (κ2) is 11.2. The third kappa shape index (κ3) is 6.28. The number of amides is 2. The van der Waals surface area contributed by atoms with E-state index in [1.165, 1.54) is 12.1 Å². The molecule has 0 aliphatic rings. The van der Waals surface area contributed by atoms with Crippen molar-refractivity contribution in [1.29, 1.82) is 0 Å². The Kier molecular flexibility index (Phi) is 8.15. The van der Waals surface area contributed by atoms with Crippen molar-refractivity contribution in [3.05, 3.63) is 127 Å². The summed E-state index contributed by atoms with van der Waals surface area (Å²) >= 11 is 23.9. The first-order valence-corrected chi connectivity index (χ1v) is 12.8. The molecular formula is C29H22Cl4N2O2. The molecule has 0 aromatic heterocycles. The van der Waals surface area contributed by atoms with Gasteiger partial charge in [-0.1, -0.05) is 84.5 Å². The molecule has 0 spiro atoms. The highest BCUT2D eigenvalue weighted by molar-refractivity contribution is 6.42. The van der Waals surface area contributed by atoms with Gasteiger partial charge in [0.05, 0.1) is 20.1 Å². The summed E-state index contributed by atoms with van der Waals surface area (Å²) in [5, 5.41) is 7.19. The number of hydrogen-bond acceptors (Lipinski definition) is 2. The van der Waals surface area contributed by atoms with Gasteiger partial charge < -0.3 is 10.6 Å². The Hall–Kier alpha value is -3.02. The molecule has 0 saturated heterocycles. The minimum absolute atomic E-state index is 0.274. The Labute approximate surface area is 235 Å². The first-order valence-electron chi connectivity index (χ1n) is 11.3. The quantitative estimate of drug-likeness (QED) is 0.242. The number of benzene rings is 4. The van der Waals surface area contributed by atoms with E-state index in [-0.39, 0.29) is 17.2 Å². The van der Waals surface area contributed by atoms with E-state index in [0.717, 1.165) is 11.1 Å². The molecule has 0 aliphatic carbocycles.